The largest absolute Gasteiger partial charge is 0.393 e. The first kappa shape index (κ1) is 24.5. The van der Waals surface area contributed by atoms with Gasteiger partial charge in [0, 0.05) is 0 Å². The Morgan fingerprint density at radius 2 is 1.66 bits per heavy atom. The monoisotopic (exact) mass is 442 g/mol. The van der Waals surface area contributed by atoms with Gasteiger partial charge in [-0.3, -0.25) is 0 Å². The van der Waals surface area contributed by atoms with Gasteiger partial charge in [-0.25, -0.2) is 0 Å². The molecule has 0 aliphatic heterocycles. The summed E-state index contributed by atoms with van der Waals surface area (Å²) in [5, 5.41) is 10.8. The molecule has 2 heteroatoms. The van der Waals surface area contributed by atoms with Gasteiger partial charge in [-0.2, -0.15) is 0 Å². The van der Waals surface area contributed by atoms with Crippen molar-refractivity contribution in [1.29, 1.82) is 0 Å². The van der Waals surface area contributed by atoms with Gasteiger partial charge in [-0.1, -0.05) is 78.9 Å². The van der Waals surface area contributed by atoms with E-state index >= 15 is 0 Å². The van der Waals surface area contributed by atoms with E-state index in [1.807, 2.05) is 0 Å². The van der Waals surface area contributed by atoms with Crippen molar-refractivity contribution in [3.05, 3.63) is 11.1 Å². The van der Waals surface area contributed by atoms with Crippen molar-refractivity contribution >= 4 is 6.29 Å². The van der Waals surface area contributed by atoms with E-state index in [1.165, 1.54) is 44.8 Å². The van der Waals surface area contributed by atoms with Gasteiger partial charge in [0.1, 0.15) is 6.29 Å². The van der Waals surface area contributed by atoms with E-state index in [9.17, 15) is 9.90 Å². The Kier molecular flexibility index (Phi) is 6.31. The van der Waals surface area contributed by atoms with Crippen molar-refractivity contribution in [2.75, 3.05) is 0 Å². The van der Waals surface area contributed by atoms with Crippen LogP contribution >= 0.6 is 0 Å². The molecule has 0 radical (unpaired) electrons. The van der Waals surface area contributed by atoms with Crippen molar-refractivity contribution in [2.45, 2.75) is 125 Å². The Labute approximate surface area is 198 Å². The molecule has 4 aliphatic rings. The predicted molar refractivity (Wildman–Crippen MR) is 133 cm³/mol. The van der Waals surface area contributed by atoms with Crippen molar-refractivity contribution in [3.8, 4) is 0 Å². The zero-order chi connectivity index (χ0) is 23.5. The fourth-order valence-electron chi connectivity index (χ4n) is 9.63. The van der Waals surface area contributed by atoms with E-state index in [2.05, 4.69) is 48.5 Å². The Bertz CT molecular complexity index is 763. The van der Waals surface area contributed by atoms with Crippen LogP contribution in [0.15, 0.2) is 11.1 Å². The highest BCUT2D eigenvalue weighted by molar-refractivity contribution is 5.70. The minimum atomic E-state index is -0.230. The Hall–Kier alpha value is -0.630. The third-order valence-electron chi connectivity index (χ3n) is 11.6. The molecule has 4 rings (SSSR count). The minimum Gasteiger partial charge on any atom is -0.393 e. The molecule has 0 aromatic carbocycles. The van der Waals surface area contributed by atoms with Crippen LogP contribution in [0, 0.1) is 45.3 Å². The molecule has 2 nitrogen and oxygen atoms in total. The second kappa shape index (κ2) is 8.24. The molecule has 2 fully saturated rings. The molecule has 0 aromatic rings. The summed E-state index contributed by atoms with van der Waals surface area (Å²) in [7, 11) is 0. The summed E-state index contributed by atoms with van der Waals surface area (Å²) >= 11 is 0. The fourth-order valence-corrected chi connectivity index (χ4v) is 9.63. The predicted octanol–water partition coefficient (Wildman–Crippen LogP) is 7.74. The number of aliphatic hydroxyl groups is 1. The van der Waals surface area contributed by atoms with Crippen molar-refractivity contribution < 1.29 is 9.90 Å². The van der Waals surface area contributed by atoms with Gasteiger partial charge in [0.2, 0.25) is 0 Å². The number of aldehydes is 1. The quantitative estimate of drug-likeness (QED) is 0.337. The molecule has 7 atom stereocenters. The second-order valence-electron chi connectivity index (χ2n) is 13.8. The van der Waals surface area contributed by atoms with Gasteiger partial charge >= 0.3 is 0 Å². The molecule has 7 unspecified atom stereocenters. The van der Waals surface area contributed by atoms with Crippen LogP contribution < -0.4 is 0 Å². The highest BCUT2D eigenvalue weighted by Crippen LogP contribution is 2.72. The number of hydrogen-bond acceptors (Lipinski definition) is 2. The molecule has 4 aliphatic carbocycles. The number of rotatable bonds is 6. The van der Waals surface area contributed by atoms with Crippen LogP contribution in [0.2, 0.25) is 0 Å². The van der Waals surface area contributed by atoms with Gasteiger partial charge in [-0.15, -0.1) is 0 Å². The van der Waals surface area contributed by atoms with Crippen molar-refractivity contribution in [2.24, 2.45) is 45.3 Å². The summed E-state index contributed by atoms with van der Waals surface area (Å²) < 4.78 is 0. The Morgan fingerprint density at radius 3 is 2.31 bits per heavy atom. The number of hydrogen-bond donors (Lipinski definition) is 1. The van der Waals surface area contributed by atoms with Crippen molar-refractivity contribution in [1.82, 2.24) is 0 Å². The molecule has 0 aromatic heterocycles. The summed E-state index contributed by atoms with van der Waals surface area (Å²) in [6, 6.07) is 0. The zero-order valence-corrected chi connectivity index (χ0v) is 22.1. The van der Waals surface area contributed by atoms with Crippen LogP contribution in [0.25, 0.3) is 0 Å². The summed E-state index contributed by atoms with van der Waals surface area (Å²) in [5.74, 6) is 2.69. The molecule has 0 bridgehead atoms. The molecule has 0 spiro atoms. The molecular formula is C30H50O2. The number of carbonyl (C=O) groups excluding carboxylic acids is 1. The Balaban J connectivity index is 1.67. The first-order valence-corrected chi connectivity index (χ1v) is 13.8. The van der Waals surface area contributed by atoms with Crippen LogP contribution in [0.4, 0.5) is 0 Å². The first-order chi connectivity index (χ1) is 14.9. The lowest BCUT2D eigenvalue weighted by atomic mass is 9.43. The first-order valence-electron chi connectivity index (χ1n) is 13.8. The number of allylic oxidation sites excluding steroid dienone is 2. The lowest BCUT2D eigenvalue weighted by Crippen LogP contribution is -2.55. The molecule has 0 amide bonds. The third-order valence-corrected chi connectivity index (χ3v) is 11.6. The lowest BCUT2D eigenvalue weighted by Gasteiger charge is -2.61. The summed E-state index contributed by atoms with van der Waals surface area (Å²) in [6.07, 6.45) is 14.0. The van der Waals surface area contributed by atoms with Gasteiger partial charge in [-0.05, 0) is 91.3 Å². The fraction of sp³-hybridized carbons (Fsp3) is 0.900. The molecule has 1 N–H and O–H groups in total. The van der Waals surface area contributed by atoms with Gasteiger partial charge in [0.05, 0.1) is 11.5 Å². The zero-order valence-electron chi connectivity index (χ0n) is 22.1. The van der Waals surface area contributed by atoms with Crippen LogP contribution in [-0.2, 0) is 4.79 Å². The summed E-state index contributed by atoms with van der Waals surface area (Å²) in [4.78, 5) is 13.1. The van der Waals surface area contributed by atoms with Crippen molar-refractivity contribution in [3.63, 3.8) is 0 Å². The van der Waals surface area contributed by atoms with Gasteiger partial charge in [0.15, 0.2) is 0 Å². The van der Waals surface area contributed by atoms with Crippen LogP contribution in [0.5, 0.6) is 0 Å². The molecule has 0 heterocycles. The number of aliphatic hydroxyl groups excluding tert-OH is 1. The SMILES string of the molecule is CC(C)CCCC(C)C1CCC2(C=O)C3=C(CCC12C)C1(C)CCC(O)C(C)(C)C1CC3. The van der Waals surface area contributed by atoms with E-state index in [1.54, 1.807) is 11.1 Å². The smallest absolute Gasteiger partial charge is 0.130 e. The van der Waals surface area contributed by atoms with E-state index < -0.39 is 0 Å². The topological polar surface area (TPSA) is 37.3 Å². The van der Waals surface area contributed by atoms with E-state index in [4.69, 9.17) is 0 Å². The highest BCUT2D eigenvalue weighted by Gasteiger charge is 2.65. The number of carbonyl (C=O) groups is 1. The highest BCUT2D eigenvalue weighted by atomic mass is 16.3. The third kappa shape index (κ3) is 3.32. The summed E-state index contributed by atoms with van der Waals surface area (Å²) in [6.45, 7) is 16.7. The summed E-state index contributed by atoms with van der Waals surface area (Å²) in [5.41, 5.74) is 3.22. The minimum absolute atomic E-state index is 0.0379. The average Bonchev–Trinajstić information content (AvgIpc) is 3.04. The second-order valence-corrected chi connectivity index (χ2v) is 13.8. The maximum absolute atomic E-state index is 13.1. The maximum atomic E-state index is 13.1. The molecule has 182 valence electrons. The Morgan fingerprint density at radius 1 is 0.938 bits per heavy atom. The molecule has 0 saturated heterocycles. The van der Waals surface area contributed by atoms with E-state index in [-0.39, 0.29) is 27.8 Å². The normalized spacial score (nSPS) is 44.1. The molecular weight excluding hydrogens is 392 g/mol. The van der Waals surface area contributed by atoms with Gasteiger partial charge in [0.25, 0.3) is 0 Å². The molecule has 2 saturated carbocycles. The van der Waals surface area contributed by atoms with Gasteiger partial charge < -0.3 is 9.90 Å². The maximum Gasteiger partial charge on any atom is 0.130 e. The van der Waals surface area contributed by atoms with E-state index in [0.717, 1.165) is 38.0 Å². The number of fused-ring (bicyclic) bond motifs is 4. The van der Waals surface area contributed by atoms with Crippen LogP contribution in [0.3, 0.4) is 0 Å². The van der Waals surface area contributed by atoms with Crippen LogP contribution in [0.1, 0.15) is 119 Å². The van der Waals surface area contributed by atoms with E-state index in [0.29, 0.717) is 17.8 Å². The van der Waals surface area contributed by atoms with Crippen LogP contribution in [-0.4, -0.2) is 17.5 Å². The standard InChI is InChI=1S/C30H50O2/c1-20(2)9-8-10-21(3)22-14-18-30(19-31)24-11-12-25-27(4,5)26(32)15-16-28(25,6)23(24)13-17-29(22,30)7/h19-22,25-26,32H,8-18H2,1-7H3. The molecule has 32 heavy (non-hydrogen) atoms. The lowest BCUT2D eigenvalue weighted by molar-refractivity contribution is -0.125. The average molecular weight is 443 g/mol.